The van der Waals surface area contributed by atoms with Gasteiger partial charge in [0.05, 0.1) is 5.02 Å². The lowest BCUT2D eigenvalue weighted by atomic mass is 10.2. The van der Waals surface area contributed by atoms with Gasteiger partial charge in [0, 0.05) is 11.6 Å². The van der Waals surface area contributed by atoms with Crippen LogP contribution in [0.15, 0.2) is 42.5 Å². The molecule has 0 bridgehead atoms. The third-order valence-corrected chi connectivity index (χ3v) is 3.73. The lowest BCUT2D eigenvalue weighted by molar-refractivity contribution is -0.123. The number of benzene rings is 2. The maximum atomic E-state index is 11.7. The van der Waals surface area contributed by atoms with E-state index in [1.54, 1.807) is 30.3 Å². The van der Waals surface area contributed by atoms with Crippen molar-refractivity contribution in [2.45, 2.75) is 6.54 Å². The average molecular weight is 345 g/mol. The summed E-state index contributed by atoms with van der Waals surface area (Å²) in [5.41, 5.74) is 0.952. The molecule has 2 aromatic carbocycles. The number of rotatable bonds is 5. The van der Waals surface area contributed by atoms with Crippen LogP contribution >= 0.6 is 34.8 Å². The third-order valence-electron chi connectivity index (χ3n) is 2.68. The molecule has 0 saturated heterocycles. The van der Waals surface area contributed by atoms with Gasteiger partial charge in [-0.3, -0.25) is 4.79 Å². The van der Waals surface area contributed by atoms with Crippen LogP contribution in [0.2, 0.25) is 15.1 Å². The molecule has 0 spiro atoms. The highest BCUT2D eigenvalue weighted by atomic mass is 35.5. The van der Waals surface area contributed by atoms with E-state index in [2.05, 4.69) is 5.32 Å². The van der Waals surface area contributed by atoms with Gasteiger partial charge in [-0.15, -0.1) is 0 Å². The normalized spacial score (nSPS) is 10.2. The monoisotopic (exact) mass is 343 g/mol. The SMILES string of the molecule is O=C(COc1cccc(Cl)c1Cl)NCc1ccc(Cl)cc1. The van der Waals surface area contributed by atoms with Crippen molar-refractivity contribution < 1.29 is 9.53 Å². The highest BCUT2D eigenvalue weighted by Gasteiger charge is 2.08. The molecule has 6 heteroatoms. The Morgan fingerprint density at radius 2 is 1.76 bits per heavy atom. The van der Waals surface area contributed by atoms with Crippen molar-refractivity contribution in [2.24, 2.45) is 0 Å². The van der Waals surface area contributed by atoms with Crippen molar-refractivity contribution in [3.05, 3.63) is 63.1 Å². The molecular formula is C15H12Cl3NO2. The zero-order valence-electron chi connectivity index (χ0n) is 10.9. The number of ether oxygens (including phenoxy) is 1. The molecule has 0 atom stereocenters. The predicted octanol–water partition coefficient (Wildman–Crippen LogP) is 4.34. The smallest absolute Gasteiger partial charge is 0.258 e. The van der Waals surface area contributed by atoms with E-state index in [-0.39, 0.29) is 12.5 Å². The van der Waals surface area contributed by atoms with Gasteiger partial charge in [0.1, 0.15) is 10.8 Å². The van der Waals surface area contributed by atoms with Gasteiger partial charge in [-0.2, -0.15) is 0 Å². The average Bonchev–Trinajstić information content (AvgIpc) is 2.48. The standard InChI is InChI=1S/C15H12Cl3NO2/c16-11-6-4-10(5-7-11)8-19-14(20)9-21-13-3-1-2-12(17)15(13)18/h1-7H,8-9H2,(H,19,20). The Morgan fingerprint density at radius 3 is 2.48 bits per heavy atom. The highest BCUT2D eigenvalue weighted by Crippen LogP contribution is 2.31. The summed E-state index contributed by atoms with van der Waals surface area (Å²) >= 11 is 17.6. The molecule has 0 aliphatic carbocycles. The first kappa shape index (κ1) is 16.0. The lowest BCUT2D eigenvalue weighted by Gasteiger charge is -2.09. The zero-order valence-corrected chi connectivity index (χ0v) is 13.2. The summed E-state index contributed by atoms with van der Waals surface area (Å²) in [6, 6.07) is 12.2. The number of hydrogen-bond acceptors (Lipinski definition) is 2. The van der Waals surface area contributed by atoms with Gasteiger partial charge >= 0.3 is 0 Å². The van der Waals surface area contributed by atoms with Crippen LogP contribution in [0.4, 0.5) is 0 Å². The minimum absolute atomic E-state index is 0.131. The second-order valence-electron chi connectivity index (χ2n) is 4.24. The molecular weight excluding hydrogens is 333 g/mol. The number of hydrogen-bond donors (Lipinski definition) is 1. The van der Waals surface area contributed by atoms with E-state index in [9.17, 15) is 4.79 Å². The van der Waals surface area contributed by atoms with Gasteiger partial charge in [-0.1, -0.05) is 53.0 Å². The number of amides is 1. The maximum absolute atomic E-state index is 11.7. The molecule has 1 N–H and O–H groups in total. The van der Waals surface area contributed by atoms with Gasteiger partial charge < -0.3 is 10.1 Å². The molecule has 110 valence electrons. The van der Waals surface area contributed by atoms with Crippen molar-refractivity contribution >= 4 is 40.7 Å². The molecule has 1 amide bonds. The van der Waals surface area contributed by atoms with Gasteiger partial charge in [-0.05, 0) is 29.8 Å². The van der Waals surface area contributed by atoms with Crippen LogP contribution in [-0.2, 0) is 11.3 Å². The summed E-state index contributed by atoms with van der Waals surface area (Å²) in [5, 5.41) is 4.08. The zero-order chi connectivity index (χ0) is 15.2. The number of carbonyl (C=O) groups excluding carboxylic acids is 1. The van der Waals surface area contributed by atoms with Crippen molar-refractivity contribution in [3.63, 3.8) is 0 Å². The van der Waals surface area contributed by atoms with Crippen molar-refractivity contribution in [1.29, 1.82) is 0 Å². The Balaban J connectivity index is 1.82. The van der Waals surface area contributed by atoms with Gasteiger partial charge in [-0.25, -0.2) is 0 Å². The fraction of sp³-hybridized carbons (Fsp3) is 0.133. The fourth-order valence-electron chi connectivity index (χ4n) is 1.59. The molecule has 2 aromatic rings. The van der Waals surface area contributed by atoms with E-state index < -0.39 is 0 Å². The highest BCUT2D eigenvalue weighted by molar-refractivity contribution is 6.42. The molecule has 0 aliphatic rings. The van der Waals surface area contributed by atoms with Crippen LogP contribution in [0.5, 0.6) is 5.75 Å². The van der Waals surface area contributed by atoms with Crippen LogP contribution in [0, 0.1) is 0 Å². The minimum atomic E-state index is -0.249. The summed E-state index contributed by atoms with van der Waals surface area (Å²) in [6.45, 7) is 0.274. The first-order valence-electron chi connectivity index (χ1n) is 6.14. The van der Waals surface area contributed by atoms with E-state index in [1.165, 1.54) is 0 Å². The van der Waals surface area contributed by atoms with Gasteiger partial charge in [0.25, 0.3) is 5.91 Å². The minimum Gasteiger partial charge on any atom is -0.482 e. The van der Waals surface area contributed by atoms with Crippen LogP contribution in [0.25, 0.3) is 0 Å². The second kappa shape index (κ2) is 7.55. The Labute approximate surface area is 137 Å². The molecule has 0 aromatic heterocycles. The van der Waals surface area contributed by atoms with E-state index in [1.807, 2.05) is 12.1 Å². The molecule has 0 fully saturated rings. The molecule has 0 radical (unpaired) electrons. The predicted molar refractivity (Wildman–Crippen MR) is 85.3 cm³/mol. The Kier molecular flexibility index (Phi) is 5.74. The first-order valence-corrected chi connectivity index (χ1v) is 7.27. The van der Waals surface area contributed by atoms with E-state index in [0.717, 1.165) is 5.56 Å². The summed E-state index contributed by atoms with van der Waals surface area (Å²) in [7, 11) is 0. The molecule has 0 unspecified atom stereocenters. The topological polar surface area (TPSA) is 38.3 Å². The fourth-order valence-corrected chi connectivity index (χ4v) is 2.07. The van der Waals surface area contributed by atoms with Crippen molar-refractivity contribution in [2.75, 3.05) is 6.61 Å². The molecule has 0 heterocycles. The van der Waals surface area contributed by atoms with Crippen molar-refractivity contribution in [3.8, 4) is 5.75 Å². The Morgan fingerprint density at radius 1 is 1.05 bits per heavy atom. The Bertz CT molecular complexity index is 629. The molecule has 0 saturated carbocycles. The third kappa shape index (κ3) is 4.81. The van der Waals surface area contributed by atoms with E-state index >= 15 is 0 Å². The van der Waals surface area contributed by atoms with Crippen LogP contribution in [0.3, 0.4) is 0 Å². The number of nitrogens with one attached hydrogen (secondary N) is 1. The number of halogens is 3. The van der Waals surface area contributed by atoms with Crippen LogP contribution < -0.4 is 10.1 Å². The summed E-state index contributed by atoms with van der Waals surface area (Å²) in [5.74, 6) is 0.131. The Hall–Kier alpha value is -1.42. The molecule has 2 rings (SSSR count). The molecule has 0 aliphatic heterocycles. The maximum Gasteiger partial charge on any atom is 0.258 e. The first-order chi connectivity index (χ1) is 10.1. The molecule has 21 heavy (non-hydrogen) atoms. The second-order valence-corrected chi connectivity index (χ2v) is 5.47. The van der Waals surface area contributed by atoms with Crippen molar-refractivity contribution in [1.82, 2.24) is 5.32 Å². The summed E-state index contributed by atoms with van der Waals surface area (Å²) < 4.78 is 5.34. The quantitative estimate of drug-likeness (QED) is 0.876. The van der Waals surface area contributed by atoms with Crippen LogP contribution in [0.1, 0.15) is 5.56 Å². The van der Waals surface area contributed by atoms with Gasteiger partial charge in [0.2, 0.25) is 0 Å². The number of carbonyl (C=O) groups is 1. The van der Waals surface area contributed by atoms with E-state index in [0.29, 0.717) is 27.4 Å². The van der Waals surface area contributed by atoms with Crippen LogP contribution in [-0.4, -0.2) is 12.5 Å². The molecule has 3 nitrogen and oxygen atoms in total. The van der Waals surface area contributed by atoms with Gasteiger partial charge in [0.15, 0.2) is 6.61 Å². The summed E-state index contributed by atoms with van der Waals surface area (Å²) in [4.78, 5) is 11.7. The lowest BCUT2D eigenvalue weighted by Crippen LogP contribution is -2.28. The van der Waals surface area contributed by atoms with E-state index in [4.69, 9.17) is 39.5 Å². The largest absolute Gasteiger partial charge is 0.482 e. The summed E-state index contributed by atoms with van der Waals surface area (Å²) in [6.07, 6.45) is 0.